The van der Waals surface area contributed by atoms with Crippen LogP contribution in [-0.4, -0.2) is 30.3 Å². The van der Waals surface area contributed by atoms with Gasteiger partial charge in [0, 0.05) is 23.4 Å². The number of anilines is 1. The summed E-state index contributed by atoms with van der Waals surface area (Å²) in [5.41, 5.74) is 6.57. The molecule has 0 unspecified atom stereocenters. The molecule has 110 valence electrons. The third-order valence-electron chi connectivity index (χ3n) is 5.05. The number of carbonyl (C=O) groups is 1. The molecule has 2 bridgehead atoms. The molecule has 21 heavy (non-hydrogen) atoms. The van der Waals surface area contributed by atoms with E-state index in [1.54, 1.807) is 11.3 Å². The van der Waals surface area contributed by atoms with E-state index in [0.717, 1.165) is 33.1 Å². The second kappa shape index (κ2) is 5.11. The van der Waals surface area contributed by atoms with Crippen molar-refractivity contribution in [1.82, 2.24) is 4.90 Å². The molecule has 1 atom stereocenters. The van der Waals surface area contributed by atoms with Crippen LogP contribution in [0, 0.1) is 11.8 Å². The highest BCUT2D eigenvalue weighted by atomic mass is 32.1. The first kappa shape index (κ1) is 13.3. The first-order valence-electron chi connectivity index (χ1n) is 7.73. The van der Waals surface area contributed by atoms with Crippen molar-refractivity contribution in [2.75, 3.05) is 25.4 Å². The lowest BCUT2D eigenvalue weighted by molar-refractivity contribution is 0.0442. The second-order valence-corrected chi connectivity index (χ2v) is 7.52. The fraction of sp³-hybridized carbons (Fsp3) is 0.471. The molecule has 0 radical (unpaired) electrons. The summed E-state index contributed by atoms with van der Waals surface area (Å²) in [6.45, 7) is 3.59. The molecule has 0 saturated carbocycles. The lowest BCUT2D eigenvalue weighted by atomic mass is 9.76. The first-order valence-corrected chi connectivity index (χ1v) is 8.55. The molecular formula is C17H20N2OS. The van der Waals surface area contributed by atoms with E-state index in [4.69, 9.17) is 5.73 Å². The van der Waals surface area contributed by atoms with Crippen LogP contribution in [0.4, 0.5) is 5.69 Å². The van der Waals surface area contributed by atoms with Gasteiger partial charge in [-0.1, -0.05) is 0 Å². The van der Waals surface area contributed by atoms with Gasteiger partial charge >= 0.3 is 0 Å². The molecule has 4 heterocycles. The van der Waals surface area contributed by atoms with Crippen molar-refractivity contribution in [1.29, 1.82) is 0 Å². The summed E-state index contributed by atoms with van der Waals surface area (Å²) < 4.78 is 1.15. The van der Waals surface area contributed by atoms with Gasteiger partial charge in [0.05, 0.1) is 4.88 Å². The van der Waals surface area contributed by atoms with Gasteiger partial charge in [-0.2, -0.15) is 0 Å². The molecule has 1 aromatic carbocycles. The van der Waals surface area contributed by atoms with E-state index in [1.165, 1.54) is 25.9 Å². The summed E-state index contributed by atoms with van der Waals surface area (Å²) in [5.74, 6) is 1.65. The average molecular weight is 300 g/mol. The summed E-state index contributed by atoms with van der Waals surface area (Å²) in [7, 11) is 0. The smallest absolute Gasteiger partial charge is 0.173 e. The highest BCUT2D eigenvalue weighted by Gasteiger charge is 2.35. The Balaban J connectivity index is 1.53. The SMILES string of the molecule is Nc1ccc2sc(C(=O)C[C@H]3CN4CCC3CC4)cc2c1. The van der Waals surface area contributed by atoms with E-state index in [9.17, 15) is 4.79 Å². The number of fused-ring (bicyclic) bond motifs is 4. The van der Waals surface area contributed by atoms with Crippen LogP contribution in [0.25, 0.3) is 10.1 Å². The van der Waals surface area contributed by atoms with Crippen LogP contribution >= 0.6 is 11.3 Å². The number of hydrogen-bond donors (Lipinski definition) is 1. The molecule has 5 rings (SSSR count). The standard InChI is InChI=1S/C17H20N2OS/c18-14-1-2-16-12(7-14)9-17(21-16)15(20)8-13-10-19-5-3-11(13)4-6-19/h1-2,7,9,11,13H,3-6,8,10,18H2/t13-/m0/s1. The van der Waals surface area contributed by atoms with Crippen molar-refractivity contribution in [2.45, 2.75) is 19.3 Å². The molecule has 3 nitrogen and oxygen atoms in total. The molecule has 3 saturated heterocycles. The van der Waals surface area contributed by atoms with Gasteiger partial charge in [-0.15, -0.1) is 11.3 Å². The molecular weight excluding hydrogens is 280 g/mol. The number of thiophene rings is 1. The minimum Gasteiger partial charge on any atom is -0.399 e. The van der Waals surface area contributed by atoms with Crippen molar-refractivity contribution in [3.05, 3.63) is 29.1 Å². The van der Waals surface area contributed by atoms with Gasteiger partial charge in [-0.25, -0.2) is 0 Å². The summed E-state index contributed by atoms with van der Waals surface area (Å²) in [6.07, 6.45) is 3.27. The molecule has 4 heteroatoms. The summed E-state index contributed by atoms with van der Waals surface area (Å²) in [6, 6.07) is 7.89. The Kier molecular flexibility index (Phi) is 3.23. The van der Waals surface area contributed by atoms with Gasteiger partial charge < -0.3 is 10.6 Å². The third-order valence-corrected chi connectivity index (χ3v) is 6.21. The lowest BCUT2D eigenvalue weighted by Crippen LogP contribution is -2.47. The molecule has 0 aliphatic carbocycles. The Morgan fingerprint density at radius 3 is 2.81 bits per heavy atom. The zero-order valence-electron chi connectivity index (χ0n) is 12.0. The van der Waals surface area contributed by atoms with Crippen LogP contribution in [0.1, 0.15) is 28.9 Å². The Morgan fingerprint density at radius 1 is 1.29 bits per heavy atom. The zero-order chi connectivity index (χ0) is 14.4. The largest absolute Gasteiger partial charge is 0.399 e. The maximum absolute atomic E-state index is 12.6. The fourth-order valence-electron chi connectivity index (χ4n) is 3.86. The number of benzene rings is 1. The Morgan fingerprint density at radius 2 is 2.10 bits per heavy atom. The van der Waals surface area contributed by atoms with Crippen LogP contribution < -0.4 is 5.73 Å². The number of ketones is 1. The predicted octanol–water partition coefficient (Wildman–Crippen LogP) is 3.40. The first-order chi connectivity index (χ1) is 10.2. The highest BCUT2D eigenvalue weighted by molar-refractivity contribution is 7.20. The van der Waals surface area contributed by atoms with Crippen molar-refractivity contribution in [3.63, 3.8) is 0 Å². The normalized spacial score (nSPS) is 28.1. The number of nitrogen functional groups attached to an aromatic ring is 1. The number of nitrogens with zero attached hydrogens (tertiary/aromatic N) is 1. The van der Waals surface area contributed by atoms with E-state index in [1.807, 2.05) is 24.3 Å². The Bertz CT molecular complexity index is 685. The van der Waals surface area contributed by atoms with Gasteiger partial charge in [0.15, 0.2) is 5.78 Å². The number of piperidine rings is 3. The maximum Gasteiger partial charge on any atom is 0.173 e. The minimum absolute atomic E-state index is 0.313. The van der Waals surface area contributed by atoms with Crippen LogP contribution in [0.5, 0.6) is 0 Å². The number of rotatable bonds is 3. The van der Waals surface area contributed by atoms with Crippen molar-refractivity contribution < 1.29 is 4.79 Å². The number of Topliss-reactive ketones (excluding diaryl/α,β-unsaturated/α-hetero) is 1. The monoisotopic (exact) mass is 300 g/mol. The average Bonchev–Trinajstić information content (AvgIpc) is 2.91. The maximum atomic E-state index is 12.6. The number of nitrogens with two attached hydrogens (primary N) is 1. The van der Waals surface area contributed by atoms with E-state index in [0.29, 0.717) is 18.1 Å². The van der Waals surface area contributed by atoms with Crippen molar-refractivity contribution >= 4 is 32.9 Å². The van der Waals surface area contributed by atoms with E-state index in [2.05, 4.69) is 4.90 Å². The van der Waals surface area contributed by atoms with Gasteiger partial charge in [-0.3, -0.25) is 4.79 Å². The minimum atomic E-state index is 0.313. The molecule has 3 aliphatic rings. The third kappa shape index (κ3) is 2.47. The highest BCUT2D eigenvalue weighted by Crippen LogP contribution is 2.36. The van der Waals surface area contributed by atoms with Crippen LogP contribution in [0.2, 0.25) is 0 Å². The van der Waals surface area contributed by atoms with Crippen LogP contribution in [0.15, 0.2) is 24.3 Å². The fourth-order valence-corrected chi connectivity index (χ4v) is 4.85. The molecule has 2 N–H and O–H groups in total. The van der Waals surface area contributed by atoms with Crippen molar-refractivity contribution in [2.24, 2.45) is 11.8 Å². The van der Waals surface area contributed by atoms with E-state index >= 15 is 0 Å². The molecule has 3 aliphatic heterocycles. The lowest BCUT2D eigenvalue weighted by Gasteiger charge is -2.44. The molecule has 0 amide bonds. The predicted molar refractivity (Wildman–Crippen MR) is 87.8 cm³/mol. The Hall–Kier alpha value is -1.39. The summed E-state index contributed by atoms with van der Waals surface area (Å²) in [4.78, 5) is 16.0. The number of hydrogen-bond acceptors (Lipinski definition) is 4. The van der Waals surface area contributed by atoms with Crippen LogP contribution in [0.3, 0.4) is 0 Å². The molecule has 0 spiro atoms. The topological polar surface area (TPSA) is 46.3 Å². The van der Waals surface area contributed by atoms with Gasteiger partial charge in [-0.05, 0) is 67.4 Å². The van der Waals surface area contributed by atoms with Gasteiger partial charge in [0.25, 0.3) is 0 Å². The van der Waals surface area contributed by atoms with E-state index < -0.39 is 0 Å². The van der Waals surface area contributed by atoms with E-state index in [-0.39, 0.29) is 0 Å². The van der Waals surface area contributed by atoms with Crippen molar-refractivity contribution in [3.8, 4) is 0 Å². The summed E-state index contributed by atoms with van der Waals surface area (Å²) >= 11 is 1.60. The zero-order valence-corrected chi connectivity index (χ0v) is 12.9. The summed E-state index contributed by atoms with van der Waals surface area (Å²) in [5, 5.41) is 1.09. The van der Waals surface area contributed by atoms with Crippen LogP contribution in [-0.2, 0) is 0 Å². The van der Waals surface area contributed by atoms with Gasteiger partial charge in [0.1, 0.15) is 0 Å². The molecule has 2 aromatic rings. The number of carbonyl (C=O) groups excluding carboxylic acids is 1. The Labute approximate surface area is 128 Å². The second-order valence-electron chi connectivity index (χ2n) is 6.43. The molecule has 1 aromatic heterocycles. The van der Waals surface area contributed by atoms with Gasteiger partial charge in [0.2, 0.25) is 0 Å². The molecule has 3 fully saturated rings. The quantitative estimate of drug-likeness (QED) is 0.698.